The maximum atomic E-state index is 4.18. The number of aromatic nitrogens is 6. The zero-order valence-corrected chi connectivity index (χ0v) is 9.25. The van der Waals surface area contributed by atoms with E-state index >= 15 is 0 Å². The third kappa shape index (κ3) is 1.22. The quantitative estimate of drug-likeness (QED) is 0.528. The Balaban J connectivity index is 2.03. The van der Waals surface area contributed by atoms with Crippen molar-refractivity contribution in [3.8, 4) is 11.1 Å². The first-order chi connectivity index (χ1) is 8.92. The van der Waals surface area contributed by atoms with Crippen LogP contribution in [-0.4, -0.2) is 30.8 Å². The minimum absolute atomic E-state index is 0.841. The van der Waals surface area contributed by atoms with Crippen LogP contribution in [0.4, 0.5) is 0 Å². The third-order valence-electron chi connectivity index (χ3n) is 2.97. The molecule has 6 heteroatoms. The summed E-state index contributed by atoms with van der Waals surface area (Å²) in [5.41, 5.74) is 5.49. The number of nitrogens with one attached hydrogen (secondary N) is 2. The molecule has 4 rings (SSSR count). The number of aromatic amines is 2. The summed E-state index contributed by atoms with van der Waals surface area (Å²) in [7, 11) is 0. The Labute approximate surface area is 101 Å². The molecule has 18 heavy (non-hydrogen) atoms. The average Bonchev–Trinajstić information content (AvgIpc) is 3.05. The van der Waals surface area contributed by atoms with Gasteiger partial charge in [-0.3, -0.25) is 0 Å². The van der Waals surface area contributed by atoms with Crippen molar-refractivity contribution in [1.29, 1.82) is 0 Å². The van der Waals surface area contributed by atoms with Gasteiger partial charge in [-0.15, -0.1) is 0 Å². The number of hydrogen-bond acceptors (Lipinski definition) is 4. The molecule has 2 heterocycles. The van der Waals surface area contributed by atoms with Crippen molar-refractivity contribution in [2.24, 2.45) is 0 Å². The lowest BCUT2D eigenvalue weighted by molar-refractivity contribution is 0.959. The summed E-state index contributed by atoms with van der Waals surface area (Å²) in [5.74, 6) is 0. The minimum atomic E-state index is 0.841. The van der Waals surface area contributed by atoms with Gasteiger partial charge >= 0.3 is 0 Å². The lowest BCUT2D eigenvalue weighted by Crippen LogP contribution is -1.81. The monoisotopic (exact) mass is 236 g/mol. The molecule has 0 bridgehead atoms. The van der Waals surface area contributed by atoms with Crippen LogP contribution in [0.25, 0.3) is 33.2 Å². The Bertz CT molecular complexity index is 844. The number of fused-ring (bicyclic) bond motifs is 2. The lowest BCUT2D eigenvalue weighted by Gasteiger charge is -2.01. The Kier molecular flexibility index (Phi) is 1.74. The predicted octanol–water partition coefficient (Wildman–Crippen LogP) is 1.90. The van der Waals surface area contributed by atoms with E-state index in [2.05, 4.69) is 30.8 Å². The second-order valence-electron chi connectivity index (χ2n) is 4.02. The van der Waals surface area contributed by atoms with E-state index in [4.69, 9.17) is 0 Å². The van der Waals surface area contributed by atoms with E-state index in [0.717, 1.165) is 33.2 Å². The summed E-state index contributed by atoms with van der Waals surface area (Å²) < 4.78 is 0. The third-order valence-corrected chi connectivity index (χ3v) is 2.97. The van der Waals surface area contributed by atoms with Gasteiger partial charge in [0.1, 0.15) is 22.1 Å². The van der Waals surface area contributed by atoms with Gasteiger partial charge in [0.05, 0.1) is 0 Å². The average molecular weight is 236 g/mol. The molecule has 0 amide bonds. The fourth-order valence-corrected chi connectivity index (χ4v) is 2.11. The maximum Gasteiger partial charge on any atom is 0.120 e. The molecular formula is C12H8N6. The van der Waals surface area contributed by atoms with Crippen LogP contribution in [0.15, 0.2) is 36.4 Å². The van der Waals surface area contributed by atoms with E-state index in [1.807, 2.05) is 36.4 Å². The van der Waals surface area contributed by atoms with Gasteiger partial charge in [0.25, 0.3) is 0 Å². The zero-order chi connectivity index (χ0) is 11.9. The van der Waals surface area contributed by atoms with Crippen LogP contribution >= 0.6 is 0 Å². The van der Waals surface area contributed by atoms with Crippen LogP contribution in [0.2, 0.25) is 0 Å². The summed E-state index contributed by atoms with van der Waals surface area (Å²) >= 11 is 0. The second-order valence-corrected chi connectivity index (χ2v) is 4.02. The number of benzene rings is 2. The van der Waals surface area contributed by atoms with Gasteiger partial charge in [-0.2, -0.15) is 30.8 Å². The molecule has 86 valence electrons. The van der Waals surface area contributed by atoms with Crippen molar-refractivity contribution in [3.05, 3.63) is 36.4 Å². The van der Waals surface area contributed by atoms with E-state index in [1.54, 1.807) is 0 Å². The highest BCUT2D eigenvalue weighted by Crippen LogP contribution is 2.27. The van der Waals surface area contributed by atoms with E-state index in [9.17, 15) is 0 Å². The van der Waals surface area contributed by atoms with E-state index < -0.39 is 0 Å². The smallest absolute Gasteiger partial charge is 0.120 e. The maximum absolute atomic E-state index is 4.18. The van der Waals surface area contributed by atoms with Crippen molar-refractivity contribution >= 4 is 22.1 Å². The molecule has 0 aliphatic heterocycles. The highest BCUT2D eigenvalue weighted by molar-refractivity contribution is 5.93. The van der Waals surface area contributed by atoms with Gasteiger partial charge in [-0.25, -0.2) is 0 Å². The topological polar surface area (TPSA) is 83.1 Å². The molecule has 0 fully saturated rings. The molecular weight excluding hydrogens is 228 g/mol. The van der Waals surface area contributed by atoms with Gasteiger partial charge in [-0.05, 0) is 23.8 Å². The zero-order valence-electron chi connectivity index (χ0n) is 9.25. The molecule has 0 atom stereocenters. The van der Waals surface area contributed by atoms with Gasteiger partial charge in [0, 0.05) is 5.56 Å². The van der Waals surface area contributed by atoms with Crippen molar-refractivity contribution in [2.45, 2.75) is 0 Å². The van der Waals surface area contributed by atoms with Crippen molar-refractivity contribution < 1.29 is 0 Å². The highest BCUT2D eigenvalue weighted by Gasteiger charge is 2.08. The summed E-state index contributed by atoms with van der Waals surface area (Å²) in [5, 5.41) is 21.7. The molecule has 6 nitrogen and oxygen atoms in total. The minimum Gasteiger partial charge on any atom is -0.197 e. The first kappa shape index (κ1) is 9.29. The molecule has 0 saturated carbocycles. The van der Waals surface area contributed by atoms with E-state index in [0.29, 0.717) is 0 Å². The summed E-state index contributed by atoms with van der Waals surface area (Å²) in [4.78, 5) is 0. The SMILES string of the molecule is c1cc(-c2ccc3n[nH]nc3c2)c2n[nH]nc2c1. The molecule has 0 saturated heterocycles. The van der Waals surface area contributed by atoms with E-state index in [1.165, 1.54) is 0 Å². The molecule has 0 radical (unpaired) electrons. The second kappa shape index (κ2) is 3.36. The van der Waals surface area contributed by atoms with Gasteiger partial charge in [-0.1, -0.05) is 18.2 Å². The molecule has 2 aromatic carbocycles. The van der Waals surface area contributed by atoms with Crippen LogP contribution < -0.4 is 0 Å². The van der Waals surface area contributed by atoms with Crippen LogP contribution in [-0.2, 0) is 0 Å². The lowest BCUT2D eigenvalue weighted by atomic mass is 10.0. The largest absolute Gasteiger partial charge is 0.197 e. The standard InChI is InChI=1S/C12H8N6/c1-2-8(12-10(3-1)14-18-16-12)7-4-5-9-11(6-7)15-17-13-9/h1-6H,(H,13,15,17)(H,14,16,18). The molecule has 0 aliphatic carbocycles. The molecule has 4 aromatic rings. The molecule has 0 spiro atoms. The predicted molar refractivity (Wildman–Crippen MR) is 66.8 cm³/mol. The van der Waals surface area contributed by atoms with Crippen LogP contribution in [0.3, 0.4) is 0 Å². The Morgan fingerprint density at radius 3 is 2.56 bits per heavy atom. The Morgan fingerprint density at radius 2 is 1.56 bits per heavy atom. The normalized spacial score (nSPS) is 11.3. The summed E-state index contributed by atoms with van der Waals surface area (Å²) in [6, 6.07) is 11.8. The molecule has 2 aromatic heterocycles. The van der Waals surface area contributed by atoms with Gasteiger partial charge in [0.15, 0.2) is 0 Å². The number of rotatable bonds is 1. The number of para-hydroxylation sites is 1. The van der Waals surface area contributed by atoms with Crippen molar-refractivity contribution in [2.75, 3.05) is 0 Å². The Morgan fingerprint density at radius 1 is 0.722 bits per heavy atom. The first-order valence-electron chi connectivity index (χ1n) is 5.52. The van der Waals surface area contributed by atoms with Crippen molar-refractivity contribution in [3.63, 3.8) is 0 Å². The number of nitrogens with zero attached hydrogens (tertiary/aromatic N) is 4. The van der Waals surface area contributed by atoms with E-state index in [-0.39, 0.29) is 0 Å². The molecule has 0 aliphatic rings. The van der Waals surface area contributed by atoms with Crippen LogP contribution in [0.5, 0.6) is 0 Å². The van der Waals surface area contributed by atoms with Crippen LogP contribution in [0.1, 0.15) is 0 Å². The number of hydrogen-bond donors (Lipinski definition) is 2. The fourth-order valence-electron chi connectivity index (χ4n) is 2.11. The van der Waals surface area contributed by atoms with Gasteiger partial charge in [0.2, 0.25) is 0 Å². The van der Waals surface area contributed by atoms with Gasteiger partial charge < -0.3 is 0 Å². The molecule has 0 unspecified atom stereocenters. The van der Waals surface area contributed by atoms with Crippen LogP contribution in [0, 0.1) is 0 Å². The highest BCUT2D eigenvalue weighted by atomic mass is 15.3. The first-order valence-corrected chi connectivity index (χ1v) is 5.52. The van der Waals surface area contributed by atoms with Crippen molar-refractivity contribution in [1.82, 2.24) is 30.8 Å². The molecule has 2 N–H and O–H groups in total. The fraction of sp³-hybridized carbons (Fsp3) is 0. The number of H-pyrrole nitrogens is 2. The summed E-state index contributed by atoms with van der Waals surface area (Å²) in [6.45, 7) is 0. The Hall–Kier alpha value is -2.76. The summed E-state index contributed by atoms with van der Waals surface area (Å²) in [6.07, 6.45) is 0.